The van der Waals surface area contributed by atoms with Crippen LogP contribution < -0.4 is 0 Å². The first kappa shape index (κ1) is 24.9. The third kappa shape index (κ3) is 4.87. The van der Waals surface area contributed by atoms with Gasteiger partial charge in [0.1, 0.15) is 6.54 Å². The number of hydrogen-bond acceptors (Lipinski definition) is 5. The Hall–Kier alpha value is -3.16. The maximum absolute atomic E-state index is 13.5. The van der Waals surface area contributed by atoms with Crippen molar-refractivity contribution in [3.63, 3.8) is 0 Å². The highest BCUT2D eigenvalue weighted by Gasteiger charge is 2.24. The first-order chi connectivity index (χ1) is 19.2. The molecule has 6 nitrogen and oxygen atoms in total. The molecule has 2 aromatic heterocycles. The number of nitrogens with zero attached hydrogens (tertiary/aromatic N) is 4. The van der Waals surface area contributed by atoms with E-state index in [9.17, 15) is 4.79 Å². The number of thioether (sulfide) groups is 1. The van der Waals surface area contributed by atoms with Crippen molar-refractivity contribution < 1.29 is 9.53 Å². The Kier molecular flexibility index (Phi) is 6.87. The number of benzene rings is 2. The van der Waals surface area contributed by atoms with E-state index >= 15 is 0 Å². The summed E-state index contributed by atoms with van der Waals surface area (Å²) < 4.78 is 7.74. The lowest BCUT2D eigenvalue weighted by Crippen LogP contribution is -2.42. The minimum Gasteiger partial charge on any atom is -0.378 e. The molecular weight excluding hydrogens is 504 g/mol. The zero-order valence-corrected chi connectivity index (χ0v) is 23.0. The van der Waals surface area contributed by atoms with E-state index in [1.54, 1.807) is 11.8 Å². The van der Waals surface area contributed by atoms with Crippen LogP contribution in [0.4, 0.5) is 0 Å². The van der Waals surface area contributed by atoms with Gasteiger partial charge in [-0.05, 0) is 60.2 Å². The minimum atomic E-state index is 0.156. The third-order valence-corrected chi connectivity index (χ3v) is 9.58. The Balaban J connectivity index is 1.31. The maximum atomic E-state index is 13.5. The van der Waals surface area contributed by atoms with Gasteiger partial charge in [0, 0.05) is 35.1 Å². The monoisotopic (exact) mass is 538 g/mol. The lowest BCUT2D eigenvalue weighted by Gasteiger charge is -2.27. The third-order valence-electron chi connectivity index (χ3n) is 8.59. The van der Waals surface area contributed by atoms with E-state index in [4.69, 9.17) is 9.72 Å². The van der Waals surface area contributed by atoms with Gasteiger partial charge in [-0.25, -0.2) is 0 Å². The number of hydrogen-bond donors (Lipinski definition) is 0. The predicted octanol–water partition coefficient (Wildman–Crippen LogP) is 6.58. The van der Waals surface area contributed by atoms with E-state index in [1.807, 2.05) is 10.4 Å². The molecule has 1 saturated carbocycles. The molecule has 2 aliphatic heterocycles. The number of amides is 1. The summed E-state index contributed by atoms with van der Waals surface area (Å²) in [5.74, 6) is 0.751. The molecule has 0 radical (unpaired) electrons. The van der Waals surface area contributed by atoms with Gasteiger partial charge in [0.05, 0.1) is 41.8 Å². The van der Waals surface area contributed by atoms with E-state index in [2.05, 4.69) is 64.2 Å². The molecule has 1 unspecified atom stereocenters. The van der Waals surface area contributed by atoms with Gasteiger partial charge in [0.2, 0.25) is 5.91 Å². The van der Waals surface area contributed by atoms with Gasteiger partial charge in [-0.3, -0.25) is 14.8 Å². The van der Waals surface area contributed by atoms with Gasteiger partial charge >= 0.3 is 0 Å². The van der Waals surface area contributed by atoms with Crippen LogP contribution in [0.25, 0.3) is 33.1 Å². The lowest BCUT2D eigenvalue weighted by molar-refractivity contribution is -0.135. The summed E-state index contributed by atoms with van der Waals surface area (Å²) in [5, 5.41) is 2.71. The van der Waals surface area contributed by atoms with Crippen molar-refractivity contribution in [2.75, 3.05) is 32.8 Å². The largest absolute Gasteiger partial charge is 0.378 e. The molecule has 4 heterocycles. The smallest absolute Gasteiger partial charge is 0.242 e. The van der Waals surface area contributed by atoms with Crippen LogP contribution in [0.3, 0.4) is 0 Å². The Morgan fingerprint density at radius 2 is 1.87 bits per heavy atom. The Morgan fingerprint density at radius 1 is 1.00 bits per heavy atom. The van der Waals surface area contributed by atoms with Gasteiger partial charge in [-0.15, -0.1) is 11.8 Å². The average molecular weight is 539 g/mol. The molecule has 7 rings (SSSR count). The second-order valence-corrected chi connectivity index (χ2v) is 12.0. The number of carbonyl (C=O) groups is 1. The summed E-state index contributed by atoms with van der Waals surface area (Å²) in [5.41, 5.74) is 8.82. The maximum Gasteiger partial charge on any atom is 0.242 e. The van der Waals surface area contributed by atoms with Crippen LogP contribution in [-0.4, -0.2) is 58.8 Å². The summed E-state index contributed by atoms with van der Waals surface area (Å²) >= 11 is 1.74. The molecule has 0 bridgehead atoms. The Labute approximate surface area is 233 Å². The topological polar surface area (TPSA) is 59.7 Å². The molecule has 2 fully saturated rings. The first-order valence-corrected chi connectivity index (χ1v) is 15.2. The first-order valence-electron chi connectivity index (χ1n) is 14.3. The standard InChI is InChI=1S/C32H34N4O2S/c37-32(35-13-15-38-16-14-35)20-36-29-8-4-7-25(22-5-2-1-3-6-22)26(29)18-30(36)24-10-11-27-23(17-24)9-12-28(34-27)31-19-33-21-39-31/h4,7-12,17-18,21-22,31H,1-3,5-6,13-16,19-20H2. The summed E-state index contributed by atoms with van der Waals surface area (Å²) in [6.45, 7) is 3.68. The molecule has 0 spiro atoms. The second kappa shape index (κ2) is 10.8. The summed E-state index contributed by atoms with van der Waals surface area (Å²) in [6, 6.07) is 19.9. The summed E-state index contributed by atoms with van der Waals surface area (Å²) in [7, 11) is 0. The van der Waals surface area contributed by atoms with Crippen molar-refractivity contribution in [2.24, 2.45) is 4.99 Å². The fraction of sp³-hybridized carbons (Fsp3) is 0.406. The molecule has 1 saturated heterocycles. The van der Waals surface area contributed by atoms with Crippen molar-refractivity contribution in [2.45, 2.75) is 49.8 Å². The van der Waals surface area contributed by atoms with Crippen LogP contribution >= 0.6 is 11.8 Å². The lowest BCUT2D eigenvalue weighted by atomic mass is 9.83. The van der Waals surface area contributed by atoms with Crippen LogP contribution in [0.2, 0.25) is 0 Å². The van der Waals surface area contributed by atoms with Crippen molar-refractivity contribution in [1.29, 1.82) is 0 Å². The SMILES string of the molecule is O=C(Cn1c(-c2ccc3nc(C4CN=CS4)ccc3c2)cc2c(C3CCCCC3)cccc21)N1CCOCC1. The number of aliphatic imine (C=N–C) groups is 1. The number of pyridine rings is 1. The molecule has 39 heavy (non-hydrogen) atoms. The van der Waals surface area contributed by atoms with Gasteiger partial charge in [0.15, 0.2) is 0 Å². The van der Waals surface area contributed by atoms with Crippen LogP contribution in [0, 0.1) is 0 Å². The summed E-state index contributed by atoms with van der Waals surface area (Å²) in [4.78, 5) is 24.8. The number of aromatic nitrogens is 2. The quantitative estimate of drug-likeness (QED) is 0.288. The normalized spacial score (nSPS) is 20.3. The highest BCUT2D eigenvalue weighted by molar-refractivity contribution is 8.12. The van der Waals surface area contributed by atoms with Crippen LogP contribution in [-0.2, 0) is 16.1 Å². The molecule has 200 valence electrons. The van der Waals surface area contributed by atoms with E-state index in [0.29, 0.717) is 44.0 Å². The second-order valence-electron chi connectivity index (χ2n) is 11.0. The summed E-state index contributed by atoms with van der Waals surface area (Å²) in [6.07, 6.45) is 6.44. The van der Waals surface area contributed by atoms with Gasteiger partial charge in [-0.2, -0.15) is 0 Å². The van der Waals surface area contributed by atoms with E-state index in [0.717, 1.165) is 39.9 Å². The minimum absolute atomic E-state index is 0.156. The number of rotatable bonds is 5. The number of fused-ring (bicyclic) bond motifs is 2. The molecule has 1 atom stereocenters. The van der Waals surface area contributed by atoms with Crippen molar-refractivity contribution in [1.82, 2.24) is 14.5 Å². The zero-order valence-electron chi connectivity index (χ0n) is 22.2. The van der Waals surface area contributed by atoms with Crippen LogP contribution in [0.15, 0.2) is 59.6 Å². The predicted molar refractivity (Wildman–Crippen MR) is 160 cm³/mol. The fourth-order valence-electron chi connectivity index (χ4n) is 6.48. The molecular formula is C32H34N4O2S. The number of carbonyl (C=O) groups excluding carboxylic acids is 1. The van der Waals surface area contributed by atoms with Crippen molar-refractivity contribution in [3.05, 3.63) is 65.9 Å². The van der Waals surface area contributed by atoms with Gasteiger partial charge < -0.3 is 14.2 Å². The fourth-order valence-corrected chi connectivity index (χ4v) is 7.24. The van der Waals surface area contributed by atoms with Gasteiger partial charge in [0.25, 0.3) is 0 Å². The van der Waals surface area contributed by atoms with Crippen LogP contribution in [0.5, 0.6) is 0 Å². The van der Waals surface area contributed by atoms with Crippen molar-refractivity contribution >= 4 is 45.0 Å². The van der Waals surface area contributed by atoms with Crippen LogP contribution in [0.1, 0.15) is 54.5 Å². The molecule has 7 heteroatoms. The number of morpholine rings is 1. The highest BCUT2D eigenvalue weighted by Crippen LogP contribution is 2.40. The molecule has 0 N–H and O–H groups in total. The molecule has 1 amide bonds. The van der Waals surface area contributed by atoms with E-state index in [-0.39, 0.29) is 5.91 Å². The highest BCUT2D eigenvalue weighted by atomic mass is 32.2. The van der Waals surface area contributed by atoms with E-state index < -0.39 is 0 Å². The Bertz CT molecular complexity index is 1540. The van der Waals surface area contributed by atoms with E-state index in [1.165, 1.54) is 43.1 Å². The van der Waals surface area contributed by atoms with Crippen molar-refractivity contribution in [3.8, 4) is 11.3 Å². The van der Waals surface area contributed by atoms with Gasteiger partial charge in [-0.1, -0.05) is 43.5 Å². The molecule has 3 aliphatic rings. The molecule has 4 aromatic rings. The molecule has 1 aliphatic carbocycles. The Morgan fingerprint density at radius 3 is 2.69 bits per heavy atom. The molecule has 2 aromatic carbocycles. The average Bonchev–Trinajstić information content (AvgIpc) is 3.66. The zero-order chi connectivity index (χ0) is 26.2. The number of ether oxygens (including phenoxy) is 1.